The number of rotatable bonds is 5. The van der Waals surface area contributed by atoms with E-state index >= 15 is 0 Å². The molecule has 0 saturated heterocycles. The number of aromatic nitrogens is 2. The Balaban J connectivity index is 2.19. The van der Waals surface area contributed by atoms with Crippen molar-refractivity contribution in [3.05, 3.63) is 29.7 Å². The quantitative estimate of drug-likeness (QED) is 0.837. The Morgan fingerprint density at radius 3 is 2.90 bits per heavy atom. The molecule has 0 bridgehead atoms. The van der Waals surface area contributed by atoms with Gasteiger partial charge >= 0.3 is 0 Å². The number of anilines is 1. The number of thiazole rings is 1. The van der Waals surface area contributed by atoms with Gasteiger partial charge in [-0.05, 0) is 12.1 Å². The van der Waals surface area contributed by atoms with E-state index in [4.69, 9.17) is 11.6 Å². The van der Waals surface area contributed by atoms with Crippen molar-refractivity contribution in [3.8, 4) is 10.6 Å². The Kier molecular flexibility index (Phi) is 5.44. The van der Waals surface area contributed by atoms with Gasteiger partial charge in [0, 0.05) is 54.2 Å². The first kappa shape index (κ1) is 16.1. The Hall–Kier alpha value is -1.31. The van der Waals surface area contributed by atoms with Crippen molar-refractivity contribution in [2.24, 2.45) is 0 Å². The molecule has 2 rings (SSSR count). The van der Waals surface area contributed by atoms with Crippen LogP contribution in [0.1, 0.15) is 6.42 Å². The summed E-state index contributed by atoms with van der Waals surface area (Å²) in [6.45, 7) is 0. The smallest absolute Gasteiger partial charge is 0.228 e. The number of carbonyl (C=O) groups is 1. The Bertz CT molecular complexity index is 661. The molecule has 21 heavy (non-hydrogen) atoms. The Morgan fingerprint density at radius 2 is 2.29 bits per heavy atom. The van der Waals surface area contributed by atoms with E-state index in [1.165, 1.54) is 16.2 Å². The first-order valence-corrected chi connectivity index (χ1v) is 9.04. The summed E-state index contributed by atoms with van der Waals surface area (Å²) in [5.41, 5.74) is 0.853. The molecule has 0 aromatic carbocycles. The van der Waals surface area contributed by atoms with Crippen molar-refractivity contribution in [1.29, 1.82) is 0 Å². The van der Waals surface area contributed by atoms with Crippen molar-refractivity contribution >= 4 is 44.6 Å². The minimum absolute atomic E-state index is 0.131. The zero-order valence-corrected chi connectivity index (χ0v) is 14.0. The van der Waals surface area contributed by atoms with Gasteiger partial charge in [0.05, 0.1) is 0 Å². The summed E-state index contributed by atoms with van der Waals surface area (Å²) >= 11 is 7.45. The molecule has 0 saturated carbocycles. The predicted octanol–water partition coefficient (Wildman–Crippen LogP) is 2.59. The lowest BCUT2D eigenvalue weighted by Crippen LogP contribution is -2.26. The molecule has 5 nitrogen and oxygen atoms in total. The average molecular weight is 344 g/mol. The molecule has 8 heteroatoms. The standard InChI is InChI=1S/C13H14ClN3O2S2/c1-17(10(18)5-7-21(2)19)13-11(14)16-12(20-13)9-4-3-6-15-8-9/h3-4,6,8H,5,7H2,1-2H3/t21-/m0/s1. The van der Waals surface area contributed by atoms with E-state index in [0.29, 0.717) is 15.8 Å². The number of amides is 1. The van der Waals surface area contributed by atoms with E-state index < -0.39 is 10.8 Å². The van der Waals surface area contributed by atoms with Crippen LogP contribution >= 0.6 is 22.9 Å². The molecule has 0 fully saturated rings. The molecule has 0 aliphatic rings. The van der Waals surface area contributed by atoms with Gasteiger partial charge in [-0.1, -0.05) is 22.9 Å². The van der Waals surface area contributed by atoms with Crippen molar-refractivity contribution < 1.29 is 9.00 Å². The van der Waals surface area contributed by atoms with Crippen LogP contribution in [0.3, 0.4) is 0 Å². The summed E-state index contributed by atoms with van der Waals surface area (Å²) in [4.78, 5) is 21.8. The third-order valence-corrected chi connectivity index (χ3v) is 5.10. The highest BCUT2D eigenvalue weighted by atomic mass is 35.5. The Labute approximate surface area is 134 Å². The van der Waals surface area contributed by atoms with Crippen molar-refractivity contribution in [1.82, 2.24) is 9.97 Å². The molecule has 2 aromatic heterocycles. The number of carbonyl (C=O) groups excluding carboxylic acids is 1. The summed E-state index contributed by atoms with van der Waals surface area (Å²) < 4.78 is 11.1. The molecular formula is C13H14ClN3O2S2. The van der Waals surface area contributed by atoms with Crippen LogP contribution in [0.15, 0.2) is 24.5 Å². The monoisotopic (exact) mass is 343 g/mol. The van der Waals surface area contributed by atoms with Crippen LogP contribution < -0.4 is 4.90 Å². The molecule has 0 unspecified atom stereocenters. The average Bonchev–Trinajstić information content (AvgIpc) is 2.86. The van der Waals surface area contributed by atoms with Gasteiger partial charge in [0.2, 0.25) is 5.91 Å². The first-order chi connectivity index (χ1) is 9.99. The lowest BCUT2D eigenvalue weighted by atomic mass is 10.3. The second-order valence-electron chi connectivity index (χ2n) is 4.34. The molecule has 0 aliphatic heterocycles. The summed E-state index contributed by atoms with van der Waals surface area (Å²) in [7, 11) is 0.656. The van der Waals surface area contributed by atoms with Gasteiger partial charge in [-0.25, -0.2) is 4.98 Å². The molecule has 0 spiro atoms. The first-order valence-electron chi connectivity index (χ1n) is 6.12. The third kappa shape index (κ3) is 4.09. The number of nitrogens with zero attached hydrogens (tertiary/aromatic N) is 3. The largest absolute Gasteiger partial charge is 0.304 e. The summed E-state index contributed by atoms with van der Waals surface area (Å²) in [5, 5.41) is 1.58. The van der Waals surface area contributed by atoms with Crippen LogP contribution in [0.25, 0.3) is 10.6 Å². The molecule has 0 N–H and O–H groups in total. The second kappa shape index (κ2) is 7.11. The summed E-state index contributed by atoms with van der Waals surface area (Å²) in [6, 6.07) is 3.70. The number of hydrogen-bond donors (Lipinski definition) is 0. The predicted molar refractivity (Wildman–Crippen MR) is 87.3 cm³/mol. The molecule has 2 heterocycles. The minimum Gasteiger partial charge on any atom is -0.304 e. The lowest BCUT2D eigenvalue weighted by molar-refractivity contribution is -0.117. The van der Waals surface area contributed by atoms with Crippen LogP contribution in [0.4, 0.5) is 5.00 Å². The third-order valence-electron chi connectivity index (χ3n) is 2.76. The minimum atomic E-state index is -0.990. The fourth-order valence-corrected chi connectivity index (χ4v) is 3.39. The summed E-state index contributed by atoms with van der Waals surface area (Å²) in [5.74, 6) is 0.211. The van der Waals surface area contributed by atoms with Gasteiger partial charge in [0.1, 0.15) is 10.0 Å². The van der Waals surface area contributed by atoms with E-state index in [-0.39, 0.29) is 17.5 Å². The van der Waals surface area contributed by atoms with Gasteiger partial charge in [0.15, 0.2) is 5.15 Å². The van der Waals surface area contributed by atoms with Gasteiger partial charge in [-0.3, -0.25) is 14.0 Å². The SMILES string of the molecule is CN(C(=O)CC[S@](C)=O)c1sc(-c2cccnc2)nc1Cl. The second-order valence-corrected chi connectivity index (χ2v) is 7.23. The highest BCUT2D eigenvalue weighted by Crippen LogP contribution is 2.37. The van der Waals surface area contributed by atoms with Gasteiger partial charge < -0.3 is 4.90 Å². The van der Waals surface area contributed by atoms with E-state index in [2.05, 4.69) is 9.97 Å². The Morgan fingerprint density at radius 1 is 1.52 bits per heavy atom. The maximum absolute atomic E-state index is 12.0. The lowest BCUT2D eigenvalue weighted by Gasteiger charge is -2.14. The van der Waals surface area contributed by atoms with E-state index in [9.17, 15) is 9.00 Å². The molecule has 112 valence electrons. The normalized spacial score (nSPS) is 12.1. The van der Waals surface area contributed by atoms with Crippen molar-refractivity contribution in [3.63, 3.8) is 0 Å². The van der Waals surface area contributed by atoms with E-state index in [0.717, 1.165) is 5.56 Å². The fraction of sp³-hybridized carbons (Fsp3) is 0.308. The van der Waals surface area contributed by atoms with Crippen LogP contribution in [0, 0.1) is 0 Å². The molecule has 0 radical (unpaired) electrons. The zero-order valence-electron chi connectivity index (χ0n) is 11.6. The van der Waals surface area contributed by atoms with Crippen LogP contribution in [-0.4, -0.2) is 39.1 Å². The van der Waals surface area contributed by atoms with Crippen molar-refractivity contribution in [2.75, 3.05) is 24.0 Å². The number of hydrogen-bond acceptors (Lipinski definition) is 5. The van der Waals surface area contributed by atoms with Crippen LogP contribution in [0.2, 0.25) is 5.15 Å². The van der Waals surface area contributed by atoms with Crippen molar-refractivity contribution in [2.45, 2.75) is 6.42 Å². The molecule has 1 amide bonds. The maximum atomic E-state index is 12.0. The number of pyridine rings is 1. The highest BCUT2D eigenvalue weighted by Gasteiger charge is 2.19. The highest BCUT2D eigenvalue weighted by molar-refractivity contribution is 7.84. The summed E-state index contributed by atoms with van der Waals surface area (Å²) in [6.07, 6.45) is 5.17. The van der Waals surface area contributed by atoms with Gasteiger partial charge in [0.25, 0.3) is 0 Å². The zero-order chi connectivity index (χ0) is 15.4. The van der Waals surface area contributed by atoms with Gasteiger partial charge in [-0.15, -0.1) is 0 Å². The number of halogens is 1. The van der Waals surface area contributed by atoms with E-state index in [1.807, 2.05) is 12.1 Å². The van der Waals surface area contributed by atoms with E-state index in [1.54, 1.807) is 25.7 Å². The van der Waals surface area contributed by atoms with Crippen LogP contribution in [0.5, 0.6) is 0 Å². The topological polar surface area (TPSA) is 63.2 Å². The molecule has 0 aliphatic carbocycles. The van der Waals surface area contributed by atoms with Crippen LogP contribution in [-0.2, 0) is 15.6 Å². The fourth-order valence-electron chi connectivity index (χ4n) is 1.63. The van der Waals surface area contributed by atoms with Gasteiger partial charge in [-0.2, -0.15) is 0 Å². The molecule has 2 aromatic rings. The molecular weight excluding hydrogens is 330 g/mol. The molecule has 1 atom stereocenters. The maximum Gasteiger partial charge on any atom is 0.228 e.